The van der Waals surface area contributed by atoms with E-state index in [1.165, 1.54) is 0 Å². The van der Waals surface area contributed by atoms with E-state index >= 15 is 0 Å². The van der Waals surface area contributed by atoms with Gasteiger partial charge in [-0.1, -0.05) is 30.3 Å². The molecule has 0 spiro atoms. The average molecular weight is 399 g/mol. The molecule has 1 amide bonds. The van der Waals surface area contributed by atoms with Gasteiger partial charge in [-0.15, -0.1) is 0 Å². The molecule has 0 aliphatic carbocycles. The molecule has 1 fully saturated rings. The minimum Gasteiger partial charge on any atom is -0.450 e. The van der Waals surface area contributed by atoms with Crippen LogP contribution in [0.25, 0.3) is 11.3 Å². The molecule has 1 aromatic heterocycles. The lowest BCUT2D eigenvalue weighted by atomic mass is 10.1. The van der Waals surface area contributed by atoms with Gasteiger partial charge < -0.3 is 24.6 Å². The fourth-order valence-electron chi connectivity index (χ4n) is 3.16. The number of nitrogens with one attached hydrogen (secondary N) is 1. The highest BCUT2D eigenvalue weighted by Crippen LogP contribution is 2.23. The minimum atomic E-state index is -0.258. The van der Waals surface area contributed by atoms with Crippen LogP contribution in [-0.4, -0.2) is 74.0 Å². The van der Waals surface area contributed by atoms with E-state index in [2.05, 4.69) is 10.2 Å². The van der Waals surface area contributed by atoms with Crippen LogP contribution in [0.4, 0.5) is 16.6 Å². The molecule has 0 radical (unpaired) electrons. The van der Waals surface area contributed by atoms with E-state index in [9.17, 15) is 4.79 Å². The summed E-state index contributed by atoms with van der Waals surface area (Å²) in [6.45, 7) is 6.20. The lowest BCUT2D eigenvalue weighted by molar-refractivity contribution is 0.105. The summed E-state index contributed by atoms with van der Waals surface area (Å²) in [5.41, 5.74) is 1.92. The third-order valence-corrected chi connectivity index (χ3v) is 4.70. The highest BCUT2D eigenvalue weighted by atomic mass is 16.6. The third-order valence-electron chi connectivity index (χ3n) is 4.70. The third kappa shape index (κ3) is 5.80. The van der Waals surface area contributed by atoms with Gasteiger partial charge in [-0.3, -0.25) is 0 Å². The van der Waals surface area contributed by atoms with Crippen molar-refractivity contribution >= 4 is 17.9 Å². The van der Waals surface area contributed by atoms with Crippen molar-refractivity contribution in [2.75, 3.05) is 63.3 Å². The average Bonchev–Trinajstić information content (AvgIpc) is 2.77. The lowest BCUT2D eigenvalue weighted by Gasteiger charge is -2.34. The number of anilines is 2. The van der Waals surface area contributed by atoms with Gasteiger partial charge in [0.05, 0.1) is 12.3 Å². The van der Waals surface area contributed by atoms with Crippen LogP contribution in [-0.2, 0) is 9.47 Å². The Morgan fingerprint density at radius 3 is 2.59 bits per heavy atom. The number of amides is 1. The van der Waals surface area contributed by atoms with Crippen LogP contribution in [0.1, 0.15) is 13.3 Å². The Morgan fingerprint density at radius 1 is 1.14 bits per heavy atom. The molecule has 0 unspecified atom stereocenters. The maximum atomic E-state index is 11.9. The first-order valence-corrected chi connectivity index (χ1v) is 10.0. The Balaban J connectivity index is 1.75. The van der Waals surface area contributed by atoms with Crippen molar-refractivity contribution in [1.29, 1.82) is 0 Å². The maximum absolute atomic E-state index is 11.9. The van der Waals surface area contributed by atoms with E-state index in [0.717, 1.165) is 30.0 Å². The van der Waals surface area contributed by atoms with Crippen molar-refractivity contribution in [3.05, 3.63) is 36.4 Å². The molecule has 1 N–H and O–H groups in total. The number of carbonyl (C=O) groups is 1. The van der Waals surface area contributed by atoms with Crippen LogP contribution in [0.15, 0.2) is 36.4 Å². The molecule has 2 heterocycles. The first-order chi connectivity index (χ1) is 14.2. The largest absolute Gasteiger partial charge is 0.450 e. The molecule has 8 heteroatoms. The number of ether oxygens (including phenoxy) is 2. The van der Waals surface area contributed by atoms with E-state index in [0.29, 0.717) is 45.3 Å². The highest BCUT2D eigenvalue weighted by Gasteiger charge is 2.24. The second-order valence-electron chi connectivity index (χ2n) is 6.75. The molecule has 29 heavy (non-hydrogen) atoms. The van der Waals surface area contributed by atoms with Gasteiger partial charge in [-0.25, -0.2) is 9.78 Å². The smallest absolute Gasteiger partial charge is 0.409 e. The van der Waals surface area contributed by atoms with E-state index in [1.54, 1.807) is 12.0 Å². The fourth-order valence-corrected chi connectivity index (χ4v) is 3.16. The number of aromatic nitrogens is 2. The number of carbonyl (C=O) groups excluding carboxylic acids is 1. The summed E-state index contributed by atoms with van der Waals surface area (Å²) in [6, 6.07) is 12.0. The fraction of sp³-hybridized carbons (Fsp3) is 0.476. The molecule has 0 saturated carbocycles. The van der Waals surface area contributed by atoms with Crippen molar-refractivity contribution in [3.8, 4) is 11.3 Å². The van der Waals surface area contributed by atoms with Crippen molar-refractivity contribution in [2.24, 2.45) is 0 Å². The summed E-state index contributed by atoms with van der Waals surface area (Å²) >= 11 is 0. The Bertz CT molecular complexity index is 779. The summed E-state index contributed by atoms with van der Waals surface area (Å²) in [5.74, 6) is 1.46. The van der Waals surface area contributed by atoms with Crippen LogP contribution >= 0.6 is 0 Å². The standard InChI is InChI=1S/C21H29N5O3/c1-3-29-21(27)26-13-11-25(12-14-26)20-23-18(17-8-5-4-6-9-17)16-19(24-20)22-10-7-15-28-2/h4-6,8-9,16H,3,7,10-15H2,1-2H3,(H,22,23,24). The van der Waals surface area contributed by atoms with E-state index in [1.807, 2.05) is 43.3 Å². The molecule has 0 bridgehead atoms. The summed E-state index contributed by atoms with van der Waals surface area (Å²) in [7, 11) is 1.70. The molecule has 1 aromatic carbocycles. The quantitative estimate of drug-likeness (QED) is 0.684. The molecular weight excluding hydrogens is 370 g/mol. The van der Waals surface area contributed by atoms with Crippen LogP contribution in [0.2, 0.25) is 0 Å². The first-order valence-electron chi connectivity index (χ1n) is 10.0. The molecular formula is C21H29N5O3. The van der Waals surface area contributed by atoms with Crippen LogP contribution < -0.4 is 10.2 Å². The number of hydrogen-bond donors (Lipinski definition) is 1. The van der Waals surface area contributed by atoms with Crippen molar-refractivity contribution in [2.45, 2.75) is 13.3 Å². The normalized spacial score (nSPS) is 14.0. The zero-order valence-corrected chi connectivity index (χ0v) is 17.1. The zero-order chi connectivity index (χ0) is 20.5. The first kappa shape index (κ1) is 20.9. The second-order valence-corrected chi connectivity index (χ2v) is 6.75. The summed E-state index contributed by atoms with van der Waals surface area (Å²) in [6.07, 6.45) is 0.640. The second kappa shape index (κ2) is 10.6. The van der Waals surface area contributed by atoms with Gasteiger partial charge in [0, 0.05) is 58.1 Å². The number of rotatable bonds is 8. The molecule has 2 aromatic rings. The van der Waals surface area contributed by atoms with Gasteiger partial charge in [0.15, 0.2) is 0 Å². The topological polar surface area (TPSA) is 79.8 Å². The number of methoxy groups -OCH3 is 1. The number of nitrogens with zero attached hydrogens (tertiary/aromatic N) is 4. The predicted molar refractivity (Wildman–Crippen MR) is 113 cm³/mol. The van der Waals surface area contributed by atoms with Crippen molar-refractivity contribution in [3.63, 3.8) is 0 Å². The monoisotopic (exact) mass is 399 g/mol. The minimum absolute atomic E-state index is 0.258. The van der Waals surface area contributed by atoms with Crippen LogP contribution in [0.3, 0.4) is 0 Å². The Labute approximate surface area is 171 Å². The van der Waals surface area contributed by atoms with E-state index in [-0.39, 0.29) is 6.09 Å². The molecule has 156 valence electrons. The van der Waals surface area contributed by atoms with Gasteiger partial charge in [-0.05, 0) is 13.3 Å². The van der Waals surface area contributed by atoms with Gasteiger partial charge in [0.1, 0.15) is 5.82 Å². The highest BCUT2D eigenvalue weighted by molar-refractivity contribution is 5.68. The zero-order valence-electron chi connectivity index (χ0n) is 17.1. The number of hydrogen-bond acceptors (Lipinski definition) is 7. The van der Waals surface area contributed by atoms with E-state index in [4.69, 9.17) is 19.4 Å². The maximum Gasteiger partial charge on any atom is 0.409 e. The van der Waals surface area contributed by atoms with Gasteiger partial charge in [0.2, 0.25) is 5.95 Å². The SMILES string of the molecule is CCOC(=O)N1CCN(c2nc(NCCCOC)cc(-c3ccccc3)n2)CC1. The van der Waals surface area contributed by atoms with Crippen molar-refractivity contribution < 1.29 is 14.3 Å². The number of piperazine rings is 1. The molecule has 1 aliphatic heterocycles. The van der Waals surface area contributed by atoms with Gasteiger partial charge in [-0.2, -0.15) is 4.98 Å². The molecule has 3 rings (SSSR count). The Morgan fingerprint density at radius 2 is 1.90 bits per heavy atom. The summed E-state index contributed by atoms with van der Waals surface area (Å²) in [5, 5.41) is 3.37. The predicted octanol–water partition coefficient (Wildman–Crippen LogP) is 2.87. The Kier molecular flexibility index (Phi) is 7.63. The van der Waals surface area contributed by atoms with Gasteiger partial charge in [0.25, 0.3) is 0 Å². The van der Waals surface area contributed by atoms with Crippen LogP contribution in [0, 0.1) is 0 Å². The van der Waals surface area contributed by atoms with Gasteiger partial charge >= 0.3 is 6.09 Å². The molecule has 1 aliphatic rings. The van der Waals surface area contributed by atoms with Crippen molar-refractivity contribution in [1.82, 2.24) is 14.9 Å². The summed E-state index contributed by atoms with van der Waals surface area (Å²) in [4.78, 5) is 25.3. The van der Waals surface area contributed by atoms with Crippen LogP contribution in [0.5, 0.6) is 0 Å². The molecule has 0 atom stereocenters. The van der Waals surface area contributed by atoms with E-state index < -0.39 is 0 Å². The molecule has 8 nitrogen and oxygen atoms in total. The summed E-state index contributed by atoms with van der Waals surface area (Å²) < 4.78 is 10.2. The molecule has 1 saturated heterocycles. The number of benzene rings is 1. The Hall–Kier alpha value is -2.87. The lowest BCUT2D eigenvalue weighted by Crippen LogP contribution is -2.49.